The van der Waals surface area contributed by atoms with Crippen LogP contribution in [0, 0.1) is 0 Å². The number of thioether (sulfide) groups is 1. The standard InChI is InChI=1S/C21H21ClN4OS/c1-14(20(27)26-12-11-15-7-3-4-8-16(15)13-26)28-21-24-23-19(25(21)2)17-9-5-6-10-18(17)22/h3-10,14H,11-13H2,1-2H3. The molecule has 1 aliphatic rings. The first kappa shape index (κ1) is 19.0. The maximum absolute atomic E-state index is 13.0. The lowest BCUT2D eigenvalue weighted by molar-refractivity contribution is -0.131. The van der Waals surface area contributed by atoms with Gasteiger partial charge in [-0.2, -0.15) is 0 Å². The van der Waals surface area contributed by atoms with Gasteiger partial charge in [-0.1, -0.05) is 59.8 Å². The third kappa shape index (κ3) is 3.66. The largest absolute Gasteiger partial charge is 0.337 e. The molecule has 0 saturated heterocycles. The molecule has 0 N–H and O–H groups in total. The van der Waals surface area contributed by atoms with E-state index in [-0.39, 0.29) is 11.2 Å². The van der Waals surface area contributed by atoms with Gasteiger partial charge in [-0.05, 0) is 36.6 Å². The van der Waals surface area contributed by atoms with E-state index < -0.39 is 0 Å². The summed E-state index contributed by atoms with van der Waals surface area (Å²) in [5.41, 5.74) is 3.40. The number of rotatable bonds is 4. The Hall–Kier alpha value is -2.31. The number of amides is 1. The van der Waals surface area contributed by atoms with E-state index in [4.69, 9.17) is 11.6 Å². The summed E-state index contributed by atoms with van der Waals surface area (Å²) in [6, 6.07) is 15.9. The molecule has 1 atom stereocenters. The van der Waals surface area contributed by atoms with Crippen LogP contribution in [0.3, 0.4) is 0 Å². The molecule has 144 valence electrons. The SMILES string of the molecule is CC(Sc1nnc(-c2ccccc2Cl)n1C)C(=O)N1CCc2ccccc2C1. The normalized spacial score (nSPS) is 14.6. The van der Waals surface area contributed by atoms with Crippen LogP contribution in [-0.4, -0.2) is 37.4 Å². The molecule has 1 aromatic heterocycles. The van der Waals surface area contributed by atoms with Crippen molar-refractivity contribution >= 4 is 29.3 Å². The molecular formula is C21H21ClN4OS. The van der Waals surface area contributed by atoms with Gasteiger partial charge in [0.1, 0.15) is 0 Å². The number of aromatic nitrogens is 3. The number of hydrogen-bond donors (Lipinski definition) is 0. The van der Waals surface area contributed by atoms with Crippen LogP contribution >= 0.6 is 23.4 Å². The van der Waals surface area contributed by atoms with Gasteiger partial charge in [0.2, 0.25) is 5.91 Å². The number of fused-ring (bicyclic) bond motifs is 1. The van der Waals surface area contributed by atoms with E-state index in [0.717, 1.165) is 18.5 Å². The van der Waals surface area contributed by atoms with E-state index in [1.807, 2.05) is 53.8 Å². The lowest BCUT2D eigenvalue weighted by atomic mass is 10.00. The monoisotopic (exact) mass is 412 g/mol. The fourth-order valence-electron chi connectivity index (χ4n) is 3.44. The lowest BCUT2D eigenvalue weighted by Gasteiger charge is -2.30. The predicted octanol–water partition coefficient (Wildman–Crippen LogP) is 4.20. The van der Waals surface area contributed by atoms with Crippen molar-refractivity contribution in [3.63, 3.8) is 0 Å². The topological polar surface area (TPSA) is 51.0 Å². The summed E-state index contributed by atoms with van der Waals surface area (Å²) in [7, 11) is 1.90. The molecule has 2 heterocycles. The van der Waals surface area contributed by atoms with Crippen molar-refractivity contribution in [2.24, 2.45) is 7.05 Å². The van der Waals surface area contributed by atoms with Crippen molar-refractivity contribution in [3.8, 4) is 11.4 Å². The Labute approximate surface area is 173 Å². The molecular weight excluding hydrogens is 392 g/mol. The van der Waals surface area contributed by atoms with Crippen LogP contribution in [0.4, 0.5) is 0 Å². The van der Waals surface area contributed by atoms with Gasteiger partial charge < -0.3 is 9.47 Å². The Morgan fingerprint density at radius 2 is 1.82 bits per heavy atom. The first-order valence-electron chi connectivity index (χ1n) is 9.21. The predicted molar refractivity (Wildman–Crippen MR) is 112 cm³/mol. The Kier molecular flexibility index (Phi) is 5.42. The third-order valence-electron chi connectivity index (χ3n) is 5.02. The molecule has 4 rings (SSSR count). The summed E-state index contributed by atoms with van der Waals surface area (Å²) in [4.78, 5) is 14.9. The molecule has 0 bridgehead atoms. The van der Waals surface area contributed by atoms with Crippen LogP contribution in [0.25, 0.3) is 11.4 Å². The zero-order chi connectivity index (χ0) is 19.7. The highest BCUT2D eigenvalue weighted by molar-refractivity contribution is 8.00. The summed E-state index contributed by atoms with van der Waals surface area (Å²) in [6.07, 6.45) is 0.903. The molecule has 1 amide bonds. The molecule has 0 aliphatic carbocycles. The van der Waals surface area contributed by atoms with E-state index in [9.17, 15) is 4.79 Å². The molecule has 5 nitrogen and oxygen atoms in total. The molecule has 28 heavy (non-hydrogen) atoms. The average Bonchev–Trinajstić information content (AvgIpc) is 3.07. The highest BCUT2D eigenvalue weighted by Crippen LogP contribution is 2.30. The summed E-state index contributed by atoms with van der Waals surface area (Å²) >= 11 is 7.72. The number of hydrogen-bond acceptors (Lipinski definition) is 4. The van der Waals surface area contributed by atoms with Crippen molar-refractivity contribution in [2.45, 2.75) is 30.3 Å². The minimum absolute atomic E-state index is 0.127. The van der Waals surface area contributed by atoms with Crippen LogP contribution in [0.1, 0.15) is 18.1 Å². The molecule has 0 fully saturated rings. The van der Waals surface area contributed by atoms with Crippen molar-refractivity contribution in [3.05, 3.63) is 64.7 Å². The molecule has 3 aromatic rings. The van der Waals surface area contributed by atoms with Crippen LogP contribution in [0.5, 0.6) is 0 Å². The van der Waals surface area contributed by atoms with Gasteiger partial charge in [-0.3, -0.25) is 4.79 Å². The quantitative estimate of drug-likeness (QED) is 0.602. The molecule has 0 saturated carbocycles. The van der Waals surface area contributed by atoms with Crippen LogP contribution < -0.4 is 0 Å². The maximum atomic E-state index is 13.0. The van der Waals surface area contributed by atoms with Crippen LogP contribution in [0.2, 0.25) is 5.02 Å². The van der Waals surface area contributed by atoms with Crippen molar-refractivity contribution in [1.29, 1.82) is 0 Å². The first-order chi connectivity index (χ1) is 13.5. The molecule has 7 heteroatoms. The van der Waals surface area contributed by atoms with E-state index in [2.05, 4.69) is 28.4 Å². The number of carbonyl (C=O) groups excluding carboxylic acids is 1. The van der Waals surface area contributed by atoms with Gasteiger partial charge in [0.05, 0.1) is 10.3 Å². The minimum Gasteiger partial charge on any atom is -0.337 e. The number of halogens is 1. The van der Waals surface area contributed by atoms with Crippen molar-refractivity contribution in [2.75, 3.05) is 6.54 Å². The second-order valence-corrected chi connectivity index (χ2v) is 8.60. The van der Waals surface area contributed by atoms with Gasteiger partial charge in [0, 0.05) is 25.7 Å². The van der Waals surface area contributed by atoms with Crippen molar-refractivity contribution in [1.82, 2.24) is 19.7 Å². The fourth-order valence-corrected chi connectivity index (χ4v) is 4.56. The second kappa shape index (κ2) is 7.97. The number of benzene rings is 2. The van der Waals surface area contributed by atoms with E-state index in [1.165, 1.54) is 22.9 Å². The maximum Gasteiger partial charge on any atom is 0.236 e. The van der Waals surface area contributed by atoms with E-state index in [1.54, 1.807) is 0 Å². The van der Waals surface area contributed by atoms with Crippen LogP contribution in [-0.2, 0) is 24.8 Å². The van der Waals surface area contributed by atoms with E-state index >= 15 is 0 Å². The van der Waals surface area contributed by atoms with Gasteiger partial charge >= 0.3 is 0 Å². The van der Waals surface area contributed by atoms with Crippen molar-refractivity contribution < 1.29 is 4.79 Å². The van der Waals surface area contributed by atoms with Gasteiger partial charge in [0.15, 0.2) is 11.0 Å². The molecule has 1 aliphatic heterocycles. The minimum atomic E-state index is -0.243. The highest BCUT2D eigenvalue weighted by Gasteiger charge is 2.27. The molecule has 1 unspecified atom stereocenters. The third-order valence-corrected chi connectivity index (χ3v) is 6.47. The Morgan fingerprint density at radius 1 is 1.11 bits per heavy atom. The molecule has 0 radical (unpaired) electrons. The zero-order valence-electron chi connectivity index (χ0n) is 15.8. The molecule has 0 spiro atoms. The smallest absolute Gasteiger partial charge is 0.236 e. The molecule has 2 aromatic carbocycles. The van der Waals surface area contributed by atoms with Crippen LogP contribution in [0.15, 0.2) is 53.7 Å². The second-order valence-electron chi connectivity index (χ2n) is 6.88. The summed E-state index contributed by atoms with van der Waals surface area (Å²) in [5, 5.41) is 9.66. The number of carbonyl (C=O) groups is 1. The van der Waals surface area contributed by atoms with Gasteiger partial charge in [-0.25, -0.2) is 0 Å². The Balaban J connectivity index is 1.48. The van der Waals surface area contributed by atoms with E-state index in [0.29, 0.717) is 22.5 Å². The summed E-state index contributed by atoms with van der Waals surface area (Å²) < 4.78 is 1.89. The van der Waals surface area contributed by atoms with Gasteiger partial charge in [-0.15, -0.1) is 10.2 Å². The Morgan fingerprint density at radius 3 is 2.61 bits per heavy atom. The zero-order valence-corrected chi connectivity index (χ0v) is 17.4. The summed E-state index contributed by atoms with van der Waals surface area (Å²) in [5.74, 6) is 0.821. The van der Waals surface area contributed by atoms with Gasteiger partial charge in [0.25, 0.3) is 0 Å². The average molecular weight is 413 g/mol. The first-order valence-corrected chi connectivity index (χ1v) is 10.5. The summed E-state index contributed by atoms with van der Waals surface area (Å²) in [6.45, 7) is 3.35. The highest BCUT2D eigenvalue weighted by atomic mass is 35.5. The number of nitrogens with zero attached hydrogens (tertiary/aromatic N) is 4. The Bertz CT molecular complexity index is 1020. The lowest BCUT2D eigenvalue weighted by Crippen LogP contribution is -2.40. The fraction of sp³-hybridized carbons (Fsp3) is 0.286.